The molecule has 5 nitrogen and oxygen atoms in total. The number of aliphatic imine (C=N–C) groups is 1. The molecule has 2 N–H and O–H groups in total. The van der Waals surface area contributed by atoms with Crippen LogP contribution >= 0.6 is 24.0 Å². The molecule has 1 aromatic heterocycles. The van der Waals surface area contributed by atoms with Crippen molar-refractivity contribution < 1.29 is 4.74 Å². The molecule has 0 aliphatic heterocycles. The second kappa shape index (κ2) is 10.9. The molecule has 2 aromatic rings. The van der Waals surface area contributed by atoms with Gasteiger partial charge in [-0.25, -0.2) is 4.99 Å². The Kier molecular flexibility index (Phi) is 9.20. The van der Waals surface area contributed by atoms with E-state index in [4.69, 9.17) is 4.74 Å². The summed E-state index contributed by atoms with van der Waals surface area (Å²) in [6, 6.07) is 12.0. The predicted molar refractivity (Wildman–Crippen MR) is 106 cm³/mol. The molecular weight excluding hydrogens is 403 g/mol. The first kappa shape index (κ1) is 19.3. The van der Waals surface area contributed by atoms with Gasteiger partial charge in [0.2, 0.25) is 0 Å². The highest BCUT2D eigenvalue weighted by molar-refractivity contribution is 14.0. The summed E-state index contributed by atoms with van der Waals surface area (Å²) in [5, 5.41) is 6.60. The van der Waals surface area contributed by atoms with Gasteiger partial charge < -0.3 is 19.9 Å². The predicted octanol–water partition coefficient (Wildman–Crippen LogP) is 2.87. The van der Waals surface area contributed by atoms with Crippen molar-refractivity contribution in [3.63, 3.8) is 0 Å². The maximum absolute atomic E-state index is 5.35. The molecule has 0 amide bonds. The van der Waals surface area contributed by atoms with Gasteiger partial charge in [0, 0.05) is 37.6 Å². The van der Waals surface area contributed by atoms with Crippen LogP contribution in [-0.4, -0.2) is 30.7 Å². The van der Waals surface area contributed by atoms with E-state index in [-0.39, 0.29) is 24.0 Å². The number of benzene rings is 1. The highest BCUT2D eigenvalue weighted by atomic mass is 127. The van der Waals surface area contributed by atoms with Gasteiger partial charge in [-0.3, -0.25) is 0 Å². The van der Waals surface area contributed by atoms with Gasteiger partial charge in [0.15, 0.2) is 5.96 Å². The molecule has 0 aliphatic carbocycles. The van der Waals surface area contributed by atoms with Crippen molar-refractivity contribution in [1.29, 1.82) is 0 Å². The summed E-state index contributed by atoms with van der Waals surface area (Å²) in [5.41, 5.74) is 1.08. The van der Waals surface area contributed by atoms with E-state index in [9.17, 15) is 0 Å². The van der Waals surface area contributed by atoms with Crippen molar-refractivity contribution in [1.82, 2.24) is 15.2 Å². The minimum Gasteiger partial charge on any atom is -0.496 e. The Labute approximate surface area is 155 Å². The van der Waals surface area contributed by atoms with Crippen LogP contribution < -0.4 is 15.4 Å². The van der Waals surface area contributed by atoms with Crippen LogP contribution in [0.3, 0.4) is 0 Å². The molecule has 0 saturated carbocycles. The number of nitrogens with zero attached hydrogens (tertiary/aromatic N) is 2. The fraction of sp³-hybridized carbons (Fsp3) is 0.353. The number of halogens is 1. The van der Waals surface area contributed by atoms with Gasteiger partial charge in [-0.2, -0.15) is 0 Å². The van der Waals surface area contributed by atoms with Gasteiger partial charge >= 0.3 is 0 Å². The van der Waals surface area contributed by atoms with Crippen LogP contribution in [0.25, 0.3) is 0 Å². The molecular formula is C17H25IN4O. The first-order valence-corrected chi connectivity index (χ1v) is 7.58. The highest BCUT2D eigenvalue weighted by Gasteiger charge is 2.02. The van der Waals surface area contributed by atoms with Crippen molar-refractivity contribution in [3.8, 4) is 5.75 Å². The molecule has 126 valence electrons. The second-order valence-electron chi connectivity index (χ2n) is 4.85. The lowest BCUT2D eigenvalue weighted by atomic mass is 10.2. The Hall–Kier alpha value is -1.70. The quantitative estimate of drug-likeness (QED) is 0.405. The van der Waals surface area contributed by atoms with Crippen LogP contribution in [0.2, 0.25) is 0 Å². The third-order valence-electron chi connectivity index (χ3n) is 3.27. The average Bonchev–Trinajstić information content (AvgIpc) is 3.06. The van der Waals surface area contributed by atoms with Crippen LogP contribution in [-0.2, 0) is 13.1 Å². The molecule has 0 unspecified atom stereocenters. The van der Waals surface area contributed by atoms with Crippen LogP contribution in [0.15, 0.2) is 53.8 Å². The fourth-order valence-corrected chi connectivity index (χ4v) is 2.16. The Morgan fingerprint density at radius 2 is 1.87 bits per heavy atom. The number of rotatable bonds is 7. The molecule has 0 bridgehead atoms. The largest absolute Gasteiger partial charge is 0.496 e. The van der Waals surface area contributed by atoms with E-state index in [1.54, 1.807) is 7.11 Å². The maximum atomic E-state index is 5.35. The average molecular weight is 428 g/mol. The molecule has 1 aromatic carbocycles. The summed E-state index contributed by atoms with van der Waals surface area (Å²) >= 11 is 0. The number of aromatic nitrogens is 1. The molecule has 23 heavy (non-hydrogen) atoms. The summed E-state index contributed by atoms with van der Waals surface area (Å²) in [6.07, 6.45) is 4.11. The Morgan fingerprint density at radius 1 is 1.13 bits per heavy atom. The van der Waals surface area contributed by atoms with E-state index < -0.39 is 0 Å². The first-order chi connectivity index (χ1) is 10.8. The normalized spacial score (nSPS) is 10.8. The zero-order chi connectivity index (χ0) is 15.6. The lowest BCUT2D eigenvalue weighted by Gasteiger charge is -2.12. The third kappa shape index (κ3) is 6.52. The fourth-order valence-electron chi connectivity index (χ4n) is 2.16. The molecule has 0 saturated heterocycles. The van der Waals surface area contributed by atoms with Crippen LogP contribution in [0.4, 0.5) is 0 Å². The summed E-state index contributed by atoms with van der Waals surface area (Å²) in [4.78, 5) is 4.62. The molecule has 6 heteroatoms. The highest BCUT2D eigenvalue weighted by Crippen LogP contribution is 2.17. The minimum atomic E-state index is 0. The Morgan fingerprint density at radius 3 is 2.57 bits per heavy atom. The minimum absolute atomic E-state index is 0. The molecule has 0 radical (unpaired) electrons. The topological polar surface area (TPSA) is 50.6 Å². The van der Waals surface area contributed by atoms with E-state index in [2.05, 4.69) is 39.5 Å². The number of guanidine groups is 1. The number of hydrogen-bond acceptors (Lipinski definition) is 2. The number of ether oxygens (including phenoxy) is 1. The van der Waals surface area contributed by atoms with Gasteiger partial charge in [-0.1, -0.05) is 18.2 Å². The van der Waals surface area contributed by atoms with Crippen molar-refractivity contribution in [2.75, 3.05) is 20.2 Å². The summed E-state index contributed by atoms with van der Waals surface area (Å²) < 4.78 is 7.49. The van der Waals surface area contributed by atoms with Crippen molar-refractivity contribution in [2.24, 2.45) is 4.99 Å². The van der Waals surface area contributed by atoms with Gasteiger partial charge in [-0.15, -0.1) is 24.0 Å². The molecule has 1 heterocycles. The lowest BCUT2D eigenvalue weighted by molar-refractivity contribution is 0.410. The van der Waals surface area contributed by atoms with Crippen LogP contribution in [0, 0.1) is 0 Å². The van der Waals surface area contributed by atoms with Crippen molar-refractivity contribution in [2.45, 2.75) is 20.0 Å². The lowest BCUT2D eigenvalue weighted by Crippen LogP contribution is -2.38. The summed E-state index contributed by atoms with van der Waals surface area (Å²) in [5.74, 6) is 1.69. The van der Waals surface area contributed by atoms with Crippen LogP contribution in [0.5, 0.6) is 5.75 Å². The standard InChI is InChI=1S/C17H24N4O.HI/c1-3-18-17(19-10-13-21-11-6-7-12-21)20-14-15-8-4-5-9-16(15)22-2;/h4-9,11-12H,3,10,13-14H2,1-2H3,(H2,18,19,20);1H. The van der Waals surface area contributed by atoms with E-state index in [1.165, 1.54) is 0 Å². The smallest absolute Gasteiger partial charge is 0.191 e. The van der Waals surface area contributed by atoms with E-state index in [0.29, 0.717) is 6.54 Å². The van der Waals surface area contributed by atoms with E-state index in [0.717, 1.165) is 36.9 Å². The number of hydrogen-bond donors (Lipinski definition) is 2. The second-order valence-corrected chi connectivity index (χ2v) is 4.85. The van der Waals surface area contributed by atoms with E-state index >= 15 is 0 Å². The van der Waals surface area contributed by atoms with E-state index in [1.807, 2.05) is 36.4 Å². The van der Waals surface area contributed by atoms with Crippen molar-refractivity contribution >= 4 is 29.9 Å². The SMILES string of the molecule is CCNC(=NCc1ccccc1OC)NCCn1cccc1.I. The van der Waals surface area contributed by atoms with Gasteiger partial charge in [0.05, 0.1) is 13.7 Å². The molecule has 0 aliphatic rings. The van der Waals surface area contributed by atoms with Crippen molar-refractivity contribution in [3.05, 3.63) is 54.4 Å². The number of nitrogens with one attached hydrogen (secondary N) is 2. The number of para-hydroxylation sites is 1. The Balaban J connectivity index is 0.00000264. The maximum Gasteiger partial charge on any atom is 0.191 e. The zero-order valence-corrected chi connectivity index (χ0v) is 16.0. The Bertz CT molecular complexity index is 584. The third-order valence-corrected chi connectivity index (χ3v) is 3.27. The summed E-state index contributed by atoms with van der Waals surface area (Å²) in [7, 11) is 1.68. The molecule has 2 rings (SSSR count). The summed E-state index contributed by atoms with van der Waals surface area (Å²) in [6.45, 7) is 5.22. The zero-order valence-electron chi connectivity index (χ0n) is 13.7. The molecule has 0 atom stereocenters. The molecule has 0 spiro atoms. The van der Waals surface area contributed by atoms with Gasteiger partial charge in [0.25, 0.3) is 0 Å². The number of methoxy groups -OCH3 is 1. The van der Waals surface area contributed by atoms with Gasteiger partial charge in [0.1, 0.15) is 5.75 Å². The first-order valence-electron chi connectivity index (χ1n) is 7.58. The van der Waals surface area contributed by atoms with Gasteiger partial charge in [-0.05, 0) is 25.1 Å². The molecule has 0 fully saturated rings. The van der Waals surface area contributed by atoms with Crippen LogP contribution in [0.1, 0.15) is 12.5 Å². The monoisotopic (exact) mass is 428 g/mol.